The average Bonchev–Trinajstić information content (AvgIpc) is 3.80. The second-order valence-corrected chi connectivity index (χ2v) is 15.1. The summed E-state index contributed by atoms with van der Waals surface area (Å²) in [6, 6.07) is 18.8. The van der Waals surface area contributed by atoms with E-state index in [1.54, 1.807) is 42.5 Å². The predicted octanol–water partition coefficient (Wildman–Crippen LogP) is 7.01. The number of rotatable bonds is 9. The number of nitrogens with one attached hydrogen (secondary N) is 1. The lowest BCUT2D eigenvalue weighted by molar-refractivity contribution is -0.145. The molecule has 4 aromatic rings. The van der Waals surface area contributed by atoms with Gasteiger partial charge in [0.2, 0.25) is 15.9 Å². The van der Waals surface area contributed by atoms with Crippen LogP contribution in [0, 0.1) is 0 Å². The molecule has 4 atom stereocenters. The Kier molecular flexibility index (Phi) is 8.49. The van der Waals surface area contributed by atoms with Crippen molar-refractivity contribution in [2.75, 3.05) is 0 Å². The van der Waals surface area contributed by atoms with E-state index in [-0.39, 0.29) is 23.1 Å². The molecule has 3 aliphatic rings. The summed E-state index contributed by atoms with van der Waals surface area (Å²) in [7, 11) is -4.58. The Morgan fingerprint density at radius 1 is 0.894 bits per heavy atom. The van der Waals surface area contributed by atoms with Gasteiger partial charge < -0.3 is 15.4 Å². The smallest absolute Gasteiger partial charge is 0.298 e. The maximum atomic E-state index is 16.6. The second-order valence-electron chi connectivity index (χ2n) is 12.9. The maximum Gasteiger partial charge on any atom is 0.298 e. The summed E-state index contributed by atoms with van der Waals surface area (Å²) in [5.41, 5.74) is 7.19. The molecule has 7 rings (SSSR count). The SMILES string of the molecule is NC1CC2CCC1N2C(=O)C(NS(=O)(=O)c1ccc2cc(OC3CCCC3)ccc2c1)C(F)(F)c1ccc(-c2ccc(Cl)cc2)cc1. The van der Waals surface area contributed by atoms with Crippen LogP contribution in [0.15, 0.2) is 89.8 Å². The van der Waals surface area contributed by atoms with E-state index in [1.165, 1.54) is 41.3 Å². The molecule has 11 heteroatoms. The van der Waals surface area contributed by atoms with Crippen molar-refractivity contribution in [2.24, 2.45) is 5.73 Å². The van der Waals surface area contributed by atoms with Gasteiger partial charge in [0, 0.05) is 28.7 Å². The van der Waals surface area contributed by atoms with Gasteiger partial charge in [-0.05, 0) is 103 Å². The summed E-state index contributed by atoms with van der Waals surface area (Å²) < 4.78 is 69.0. The fourth-order valence-corrected chi connectivity index (χ4v) is 8.72. The minimum Gasteiger partial charge on any atom is -0.490 e. The molecule has 2 heterocycles. The van der Waals surface area contributed by atoms with Crippen LogP contribution in [0.2, 0.25) is 5.02 Å². The normalized spacial score (nSPS) is 22.2. The van der Waals surface area contributed by atoms with Crippen LogP contribution in [0.4, 0.5) is 8.78 Å². The van der Waals surface area contributed by atoms with Crippen molar-refractivity contribution in [3.8, 4) is 16.9 Å². The van der Waals surface area contributed by atoms with Gasteiger partial charge in [-0.25, -0.2) is 8.42 Å². The highest BCUT2D eigenvalue weighted by Gasteiger charge is 2.55. The first kappa shape index (κ1) is 32.0. The van der Waals surface area contributed by atoms with E-state index in [4.69, 9.17) is 22.1 Å². The van der Waals surface area contributed by atoms with Crippen LogP contribution in [-0.4, -0.2) is 49.5 Å². The van der Waals surface area contributed by atoms with Gasteiger partial charge >= 0.3 is 0 Å². The van der Waals surface area contributed by atoms with Gasteiger partial charge in [-0.2, -0.15) is 13.5 Å². The van der Waals surface area contributed by atoms with Gasteiger partial charge in [0.15, 0.2) is 6.04 Å². The van der Waals surface area contributed by atoms with Crippen LogP contribution in [0.25, 0.3) is 21.9 Å². The Balaban J connectivity index is 1.20. The van der Waals surface area contributed by atoms with Crippen LogP contribution in [0.3, 0.4) is 0 Å². The molecule has 0 radical (unpaired) electrons. The average molecular weight is 680 g/mol. The number of fused-ring (bicyclic) bond motifs is 3. The number of alkyl halides is 2. The number of ether oxygens (including phenoxy) is 1. The summed E-state index contributed by atoms with van der Waals surface area (Å²) in [5, 5.41) is 1.90. The molecule has 2 aliphatic heterocycles. The summed E-state index contributed by atoms with van der Waals surface area (Å²) in [6.45, 7) is 0. The zero-order valence-electron chi connectivity index (χ0n) is 25.6. The number of carbonyl (C=O) groups excluding carboxylic acids is 1. The van der Waals surface area contributed by atoms with Gasteiger partial charge in [0.05, 0.1) is 11.0 Å². The van der Waals surface area contributed by atoms with Crippen LogP contribution >= 0.6 is 11.6 Å². The number of carbonyl (C=O) groups is 1. The van der Waals surface area contributed by atoms with Crippen LogP contribution in [-0.2, 0) is 20.7 Å². The number of hydrogen-bond donors (Lipinski definition) is 2. The van der Waals surface area contributed by atoms with Gasteiger partial charge in [-0.1, -0.05) is 60.1 Å². The summed E-state index contributed by atoms with van der Waals surface area (Å²) in [5.74, 6) is -4.17. The molecule has 1 amide bonds. The monoisotopic (exact) mass is 679 g/mol. The van der Waals surface area contributed by atoms with Gasteiger partial charge in [0.25, 0.3) is 5.92 Å². The minimum absolute atomic E-state index is 0.168. The van der Waals surface area contributed by atoms with Crippen molar-refractivity contribution >= 4 is 38.3 Å². The molecule has 0 spiro atoms. The van der Waals surface area contributed by atoms with E-state index in [1.807, 2.05) is 6.07 Å². The molecule has 246 valence electrons. The summed E-state index contributed by atoms with van der Waals surface area (Å²) in [4.78, 5) is 15.2. The van der Waals surface area contributed by atoms with E-state index in [2.05, 4.69) is 4.72 Å². The lowest BCUT2D eigenvalue weighted by Gasteiger charge is -2.33. The molecule has 1 saturated carbocycles. The van der Waals surface area contributed by atoms with Crippen molar-refractivity contribution < 1.29 is 26.7 Å². The molecule has 3 N–H and O–H groups in total. The van der Waals surface area contributed by atoms with Gasteiger partial charge in [-0.3, -0.25) is 4.79 Å². The van der Waals surface area contributed by atoms with E-state index in [9.17, 15) is 13.2 Å². The van der Waals surface area contributed by atoms with E-state index < -0.39 is 39.5 Å². The van der Waals surface area contributed by atoms with Crippen molar-refractivity contribution in [1.29, 1.82) is 0 Å². The minimum atomic E-state index is -4.58. The third-order valence-corrected chi connectivity index (χ3v) is 11.5. The van der Waals surface area contributed by atoms with E-state index >= 15 is 8.78 Å². The number of nitrogens with two attached hydrogens (primary N) is 1. The highest BCUT2D eigenvalue weighted by Crippen LogP contribution is 2.41. The molecule has 4 aromatic carbocycles. The molecule has 7 nitrogen and oxygen atoms in total. The Hall–Kier alpha value is -3.57. The topological polar surface area (TPSA) is 102 Å². The molecule has 2 saturated heterocycles. The lowest BCUT2D eigenvalue weighted by Crippen LogP contribution is -2.57. The molecular formula is C36H36ClF2N3O4S. The van der Waals surface area contributed by atoms with Crippen LogP contribution in [0.1, 0.15) is 50.5 Å². The van der Waals surface area contributed by atoms with Crippen molar-refractivity contribution in [3.05, 3.63) is 95.5 Å². The first-order valence-corrected chi connectivity index (χ1v) is 17.9. The first-order chi connectivity index (χ1) is 22.5. The number of halogens is 3. The van der Waals surface area contributed by atoms with Crippen LogP contribution in [0.5, 0.6) is 5.75 Å². The Morgan fingerprint density at radius 2 is 1.53 bits per heavy atom. The molecule has 0 aromatic heterocycles. The van der Waals surface area contributed by atoms with E-state index in [0.29, 0.717) is 41.0 Å². The molecule has 47 heavy (non-hydrogen) atoms. The Bertz CT molecular complexity index is 1900. The van der Waals surface area contributed by atoms with Crippen molar-refractivity contribution in [2.45, 2.75) is 86.0 Å². The molecular weight excluding hydrogens is 644 g/mol. The van der Waals surface area contributed by atoms with Gasteiger partial charge in [-0.15, -0.1) is 0 Å². The molecule has 4 unspecified atom stereocenters. The fraction of sp³-hybridized carbons (Fsp3) is 0.361. The van der Waals surface area contributed by atoms with Crippen LogP contribution < -0.4 is 15.2 Å². The highest BCUT2D eigenvalue weighted by atomic mass is 35.5. The van der Waals surface area contributed by atoms with Crippen molar-refractivity contribution in [3.63, 3.8) is 0 Å². The third-order valence-electron chi connectivity index (χ3n) is 9.87. The number of amides is 1. The first-order valence-electron chi connectivity index (χ1n) is 16.0. The predicted molar refractivity (Wildman–Crippen MR) is 178 cm³/mol. The summed E-state index contributed by atoms with van der Waals surface area (Å²) >= 11 is 5.99. The molecule has 3 fully saturated rings. The fourth-order valence-electron chi connectivity index (χ4n) is 7.37. The summed E-state index contributed by atoms with van der Waals surface area (Å²) in [6.07, 6.45) is 6.17. The third kappa shape index (κ3) is 6.24. The van der Waals surface area contributed by atoms with Crippen molar-refractivity contribution in [1.82, 2.24) is 9.62 Å². The van der Waals surface area contributed by atoms with E-state index in [0.717, 1.165) is 36.6 Å². The highest BCUT2D eigenvalue weighted by molar-refractivity contribution is 7.89. The molecule has 2 bridgehead atoms. The maximum absolute atomic E-state index is 16.6. The number of benzene rings is 4. The van der Waals surface area contributed by atoms with Gasteiger partial charge in [0.1, 0.15) is 5.75 Å². The quantitative estimate of drug-likeness (QED) is 0.198. The largest absolute Gasteiger partial charge is 0.490 e. The number of sulfonamides is 1. The zero-order valence-corrected chi connectivity index (χ0v) is 27.2. The Morgan fingerprint density at radius 3 is 2.17 bits per heavy atom. The zero-order chi connectivity index (χ0) is 32.9. The second kappa shape index (κ2) is 12.5. The number of hydrogen-bond acceptors (Lipinski definition) is 5. The Labute approximate surface area is 278 Å². The molecule has 1 aliphatic carbocycles. The standard InChI is InChI=1S/C36H36ClF2N3O4S/c37-27-13-7-23(8-14-27)22-5-11-26(12-6-22)36(38,39)34(35(43)42-28-15-18-33(42)32(40)21-28)41-47(44,45)31-17-10-24-19-30(16-9-25(24)20-31)46-29-3-1-2-4-29/h5-14,16-17,19-20,28-29,32-34,41H,1-4,15,18,21,40H2. The lowest BCUT2D eigenvalue weighted by atomic mass is 9.96. The number of nitrogens with zero attached hydrogens (tertiary/aromatic N) is 1.